The molecule has 0 aliphatic carbocycles. The SMILES string of the molecule is NCC(N)c1ccc(-n2cncn2)cc1. The third-order valence-electron chi connectivity index (χ3n) is 2.26. The van der Waals surface area contributed by atoms with Crippen molar-refractivity contribution in [2.45, 2.75) is 6.04 Å². The summed E-state index contributed by atoms with van der Waals surface area (Å²) in [5.74, 6) is 0. The molecule has 15 heavy (non-hydrogen) atoms. The van der Waals surface area contributed by atoms with Crippen LogP contribution in [0.25, 0.3) is 5.69 Å². The van der Waals surface area contributed by atoms with E-state index in [4.69, 9.17) is 11.5 Å². The third kappa shape index (κ3) is 2.03. The molecule has 5 heteroatoms. The normalized spacial score (nSPS) is 12.7. The van der Waals surface area contributed by atoms with Crippen molar-refractivity contribution in [1.29, 1.82) is 0 Å². The van der Waals surface area contributed by atoms with Gasteiger partial charge >= 0.3 is 0 Å². The second-order valence-corrected chi connectivity index (χ2v) is 3.27. The lowest BCUT2D eigenvalue weighted by Gasteiger charge is -2.09. The summed E-state index contributed by atoms with van der Waals surface area (Å²) in [5, 5.41) is 4.03. The van der Waals surface area contributed by atoms with E-state index in [1.807, 2.05) is 24.3 Å². The van der Waals surface area contributed by atoms with Crippen LogP contribution in [0.4, 0.5) is 0 Å². The summed E-state index contributed by atoms with van der Waals surface area (Å²) in [5.41, 5.74) is 13.3. The van der Waals surface area contributed by atoms with E-state index in [2.05, 4.69) is 10.1 Å². The van der Waals surface area contributed by atoms with Gasteiger partial charge < -0.3 is 11.5 Å². The Labute approximate surface area is 87.7 Å². The molecule has 0 amide bonds. The number of rotatable bonds is 3. The van der Waals surface area contributed by atoms with Gasteiger partial charge in [0.1, 0.15) is 12.7 Å². The van der Waals surface area contributed by atoms with E-state index in [1.54, 1.807) is 11.0 Å². The maximum Gasteiger partial charge on any atom is 0.138 e. The standard InChI is InChI=1S/C10H13N5/c11-5-10(12)8-1-3-9(4-2-8)15-7-13-6-14-15/h1-4,6-7,10H,5,11-12H2. The van der Waals surface area contributed by atoms with Crippen LogP contribution in [0.5, 0.6) is 0 Å². The largest absolute Gasteiger partial charge is 0.329 e. The number of hydrogen-bond donors (Lipinski definition) is 2. The summed E-state index contributed by atoms with van der Waals surface area (Å²) in [6, 6.07) is 7.69. The fraction of sp³-hybridized carbons (Fsp3) is 0.200. The van der Waals surface area contributed by atoms with Crippen LogP contribution in [0.1, 0.15) is 11.6 Å². The molecule has 2 aromatic rings. The summed E-state index contributed by atoms with van der Waals surface area (Å²) in [6.45, 7) is 0.447. The van der Waals surface area contributed by atoms with Gasteiger partial charge in [0, 0.05) is 12.6 Å². The van der Waals surface area contributed by atoms with Crippen molar-refractivity contribution in [3.8, 4) is 5.69 Å². The van der Waals surface area contributed by atoms with Gasteiger partial charge in [-0.3, -0.25) is 0 Å². The minimum atomic E-state index is -0.102. The molecule has 0 saturated heterocycles. The summed E-state index contributed by atoms with van der Waals surface area (Å²) < 4.78 is 1.69. The van der Waals surface area contributed by atoms with Crippen molar-refractivity contribution >= 4 is 0 Å². The minimum Gasteiger partial charge on any atom is -0.329 e. The van der Waals surface area contributed by atoms with Crippen molar-refractivity contribution in [2.75, 3.05) is 6.54 Å². The Balaban J connectivity index is 2.25. The molecule has 0 bridgehead atoms. The first-order chi connectivity index (χ1) is 7.31. The second-order valence-electron chi connectivity index (χ2n) is 3.27. The fourth-order valence-corrected chi connectivity index (χ4v) is 1.35. The van der Waals surface area contributed by atoms with Gasteiger partial charge in [-0.05, 0) is 17.7 Å². The number of nitrogens with zero attached hydrogens (tertiary/aromatic N) is 3. The van der Waals surface area contributed by atoms with E-state index < -0.39 is 0 Å². The van der Waals surface area contributed by atoms with Gasteiger partial charge in [0.15, 0.2) is 0 Å². The Morgan fingerprint density at radius 2 is 2.00 bits per heavy atom. The van der Waals surface area contributed by atoms with Crippen molar-refractivity contribution < 1.29 is 0 Å². The van der Waals surface area contributed by atoms with Crippen LogP contribution in [0.2, 0.25) is 0 Å². The van der Waals surface area contributed by atoms with Crippen LogP contribution >= 0.6 is 0 Å². The number of benzene rings is 1. The van der Waals surface area contributed by atoms with Gasteiger partial charge in [-0.15, -0.1) is 0 Å². The van der Waals surface area contributed by atoms with Gasteiger partial charge in [-0.2, -0.15) is 5.10 Å². The highest BCUT2D eigenvalue weighted by Crippen LogP contribution is 2.12. The highest BCUT2D eigenvalue weighted by Gasteiger charge is 2.03. The lowest BCUT2D eigenvalue weighted by molar-refractivity contribution is 0.736. The van der Waals surface area contributed by atoms with Crippen LogP contribution in [-0.2, 0) is 0 Å². The van der Waals surface area contributed by atoms with E-state index in [-0.39, 0.29) is 6.04 Å². The predicted molar refractivity (Wildman–Crippen MR) is 57.3 cm³/mol. The van der Waals surface area contributed by atoms with Gasteiger partial charge in [-0.25, -0.2) is 9.67 Å². The maximum atomic E-state index is 5.80. The fourth-order valence-electron chi connectivity index (χ4n) is 1.35. The molecule has 1 aromatic carbocycles. The topological polar surface area (TPSA) is 82.8 Å². The molecular formula is C10H13N5. The third-order valence-corrected chi connectivity index (χ3v) is 2.26. The Kier molecular flexibility index (Phi) is 2.75. The average molecular weight is 203 g/mol. The number of hydrogen-bond acceptors (Lipinski definition) is 4. The highest BCUT2D eigenvalue weighted by molar-refractivity contribution is 5.34. The summed E-state index contributed by atoms with van der Waals surface area (Å²) in [4.78, 5) is 3.88. The highest BCUT2D eigenvalue weighted by atomic mass is 15.3. The Morgan fingerprint density at radius 1 is 1.27 bits per heavy atom. The van der Waals surface area contributed by atoms with Gasteiger partial charge in [0.05, 0.1) is 5.69 Å². The molecule has 4 N–H and O–H groups in total. The number of aromatic nitrogens is 3. The van der Waals surface area contributed by atoms with Gasteiger partial charge in [-0.1, -0.05) is 12.1 Å². The molecule has 0 radical (unpaired) electrons. The van der Waals surface area contributed by atoms with Crippen molar-refractivity contribution in [3.05, 3.63) is 42.5 Å². The van der Waals surface area contributed by atoms with Gasteiger partial charge in [0.25, 0.3) is 0 Å². The van der Waals surface area contributed by atoms with E-state index in [0.717, 1.165) is 11.3 Å². The summed E-state index contributed by atoms with van der Waals surface area (Å²) in [6.07, 6.45) is 3.15. The molecule has 0 spiro atoms. The van der Waals surface area contributed by atoms with Crippen molar-refractivity contribution in [1.82, 2.24) is 14.8 Å². The quantitative estimate of drug-likeness (QED) is 0.747. The lowest BCUT2D eigenvalue weighted by Crippen LogP contribution is -2.20. The van der Waals surface area contributed by atoms with E-state index in [9.17, 15) is 0 Å². The Bertz CT molecular complexity index is 406. The zero-order chi connectivity index (χ0) is 10.7. The van der Waals surface area contributed by atoms with Crippen LogP contribution in [0.15, 0.2) is 36.9 Å². The molecule has 1 heterocycles. The number of nitrogens with two attached hydrogens (primary N) is 2. The smallest absolute Gasteiger partial charge is 0.138 e. The van der Waals surface area contributed by atoms with Crippen LogP contribution in [-0.4, -0.2) is 21.3 Å². The van der Waals surface area contributed by atoms with Crippen LogP contribution in [0, 0.1) is 0 Å². The first kappa shape index (κ1) is 9.82. The molecule has 0 fully saturated rings. The lowest BCUT2D eigenvalue weighted by atomic mass is 10.1. The van der Waals surface area contributed by atoms with E-state index in [1.165, 1.54) is 6.33 Å². The first-order valence-electron chi connectivity index (χ1n) is 4.72. The van der Waals surface area contributed by atoms with E-state index >= 15 is 0 Å². The monoisotopic (exact) mass is 203 g/mol. The van der Waals surface area contributed by atoms with Crippen LogP contribution in [0.3, 0.4) is 0 Å². The minimum absolute atomic E-state index is 0.102. The maximum absolute atomic E-state index is 5.80. The Hall–Kier alpha value is -1.72. The molecule has 1 atom stereocenters. The summed E-state index contributed by atoms with van der Waals surface area (Å²) >= 11 is 0. The molecular weight excluding hydrogens is 190 g/mol. The summed E-state index contributed by atoms with van der Waals surface area (Å²) in [7, 11) is 0. The molecule has 0 aliphatic heterocycles. The molecule has 0 aliphatic rings. The van der Waals surface area contributed by atoms with E-state index in [0.29, 0.717) is 6.54 Å². The van der Waals surface area contributed by atoms with Crippen molar-refractivity contribution in [3.63, 3.8) is 0 Å². The Morgan fingerprint density at radius 3 is 2.53 bits per heavy atom. The predicted octanol–water partition coefficient (Wildman–Crippen LogP) is 0.226. The molecule has 5 nitrogen and oxygen atoms in total. The van der Waals surface area contributed by atoms with Crippen LogP contribution < -0.4 is 11.5 Å². The zero-order valence-electron chi connectivity index (χ0n) is 8.24. The molecule has 0 saturated carbocycles. The molecule has 2 rings (SSSR count). The average Bonchev–Trinajstić information content (AvgIpc) is 2.82. The van der Waals surface area contributed by atoms with Gasteiger partial charge in [0.2, 0.25) is 0 Å². The zero-order valence-corrected chi connectivity index (χ0v) is 8.24. The van der Waals surface area contributed by atoms with Crippen molar-refractivity contribution in [2.24, 2.45) is 11.5 Å². The molecule has 1 aromatic heterocycles. The first-order valence-corrected chi connectivity index (χ1v) is 4.72. The molecule has 1 unspecified atom stereocenters. The molecule has 78 valence electrons. The second kappa shape index (κ2) is 4.20.